The molecule has 1 heterocycles. The van der Waals surface area contributed by atoms with E-state index >= 15 is 0 Å². The van der Waals surface area contributed by atoms with Gasteiger partial charge >= 0.3 is 0 Å². The van der Waals surface area contributed by atoms with Gasteiger partial charge in [0.1, 0.15) is 5.69 Å². The molecule has 1 N–H and O–H groups in total. The monoisotopic (exact) mass is 337 g/mol. The van der Waals surface area contributed by atoms with Crippen LogP contribution >= 0.6 is 15.9 Å². The van der Waals surface area contributed by atoms with E-state index in [-0.39, 0.29) is 12.1 Å². The van der Waals surface area contributed by atoms with E-state index in [0.717, 1.165) is 15.9 Å². The van der Waals surface area contributed by atoms with Crippen molar-refractivity contribution in [2.75, 3.05) is 14.2 Å². The molecular weight excluding hydrogens is 318 g/mol. The summed E-state index contributed by atoms with van der Waals surface area (Å²) >= 11 is 3.52. The van der Waals surface area contributed by atoms with Crippen molar-refractivity contribution in [3.05, 3.63) is 46.2 Å². The standard InChI is InChI=1S/C15H20BrN3O/c1-10(2)19-15(13(20-4)9-18-19)14(17-3)11-6-5-7-12(16)8-11/h5-10,14,17H,1-4H3. The fourth-order valence-electron chi connectivity index (χ4n) is 2.35. The molecule has 2 aromatic rings. The Morgan fingerprint density at radius 3 is 2.65 bits per heavy atom. The van der Waals surface area contributed by atoms with Crippen LogP contribution in [-0.2, 0) is 0 Å². The number of halogens is 1. The minimum Gasteiger partial charge on any atom is -0.493 e. The molecule has 0 aliphatic heterocycles. The zero-order chi connectivity index (χ0) is 14.7. The predicted molar refractivity (Wildman–Crippen MR) is 84.2 cm³/mol. The highest BCUT2D eigenvalue weighted by atomic mass is 79.9. The molecule has 0 amide bonds. The lowest BCUT2D eigenvalue weighted by Gasteiger charge is -2.21. The van der Waals surface area contributed by atoms with Gasteiger partial charge in [-0.05, 0) is 38.6 Å². The molecule has 108 valence electrons. The first-order chi connectivity index (χ1) is 9.58. The summed E-state index contributed by atoms with van der Waals surface area (Å²) in [5.74, 6) is 0.804. The smallest absolute Gasteiger partial charge is 0.161 e. The van der Waals surface area contributed by atoms with Crippen LogP contribution in [0.3, 0.4) is 0 Å². The number of nitrogens with one attached hydrogen (secondary N) is 1. The number of ether oxygens (including phenoxy) is 1. The molecule has 1 aromatic heterocycles. The maximum atomic E-state index is 5.48. The lowest BCUT2D eigenvalue weighted by atomic mass is 10.0. The Hall–Kier alpha value is -1.33. The molecular formula is C15H20BrN3O. The summed E-state index contributed by atoms with van der Waals surface area (Å²) in [5.41, 5.74) is 2.21. The lowest BCUT2D eigenvalue weighted by molar-refractivity contribution is 0.396. The van der Waals surface area contributed by atoms with Crippen molar-refractivity contribution in [3.63, 3.8) is 0 Å². The second-order valence-corrected chi connectivity index (χ2v) is 5.83. The number of benzene rings is 1. The number of aromatic nitrogens is 2. The van der Waals surface area contributed by atoms with E-state index in [1.54, 1.807) is 13.3 Å². The van der Waals surface area contributed by atoms with Crippen molar-refractivity contribution in [3.8, 4) is 5.75 Å². The molecule has 0 saturated carbocycles. The van der Waals surface area contributed by atoms with Gasteiger partial charge in [0.05, 0.1) is 19.3 Å². The van der Waals surface area contributed by atoms with Crippen LogP contribution in [0.5, 0.6) is 5.75 Å². The average Bonchev–Trinajstić information content (AvgIpc) is 2.84. The molecule has 5 heteroatoms. The first-order valence-corrected chi connectivity index (χ1v) is 7.42. The van der Waals surface area contributed by atoms with Crippen molar-refractivity contribution in [2.24, 2.45) is 0 Å². The Labute approximate surface area is 128 Å². The van der Waals surface area contributed by atoms with E-state index < -0.39 is 0 Å². The molecule has 0 aliphatic carbocycles. The lowest BCUT2D eigenvalue weighted by Crippen LogP contribution is -2.23. The van der Waals surface area contributed by atoms with Gasteiger partial charge in [0, 0.05) is 10.5 Å². The van der Waals surface area contributed by atoms with Gasteiger partial charge in [0.25, 0.3) is 0 Å². The third-order valence-electron chi connectivity index (χ3n) is 3.25. The van der Waals surface area contributed by atoms with Crippen LogP contribution in [0.15, 0.2) is 34.9 Å². The zero-order valence-electron chi connectivity index (χ0n) is 12.2. The number of rotatable bonds is 5. The molecule has 1 atom stereocenters. The van der Waals surface area contributed by atoms with Gasteiger partial charge in [-0.2, -0.15) is 5.10 Å². The molecule has 20 heavy (non-hydrogen) atoms. The van der Waals surface area contributed by atoms with Crippen molar-refractivity contribution in [1.82, 2.24) is 15.1 Å². The van der Waals surface area contributed by atoms with Gasteiger partial charge in [-0.1, -0.05) is 28.1 Å². The van der Waals surface area contributed by atoms with Crippen molar-refractivity contribution >= 4 is 15.9 Å². The average molecular weight is 338 g/mol. The SMILES string of the molecule is CNC(c1cccc(Br)c1)c1c(OC)cnn1C(C)C. The van der Waals surface area contributed by atoms with Crippen molar-refractivity contribution < 1.29 is 4.74 Å². The van der Waals surface area contributed by atoms with Gasteiger partial charge in [0.15, 0.2) is 5.75 Å². The number of hydrogen-bond acceptors (Lipinski definition) is 3. The molecule has 0 spiro atoms. The Morgan fingerprint density at radius 2 is 2.10 bits per heavy atom. The van der Waals surface area contributed by atoms with Gasteiger partial charge in [0.2, 0.25) is 0 Å². The molecule has 2 rings (SSSR count). The third-order valence-corrected chi connectivity index (χ3v) is 3.75. The largest absolute Gasteiger partial charge is 0.493 e. The van der Waals surface area contributed by atoms with Gasteiger partial charge in [-0.3, -0.25) is 4.68 Å². The molecule has 1 unspecified atom stereocenters. The third kappa shape index (κ3) is 2.88. The van der Waals surface area contributed by atoms with Crippen molar-refractivity contribution in [2.45, 2.75) is 25.9 Å². The van der Waals surface area contributed by atoms with Crippen LogP contribution in [0, 0.1) is 0 Å². The fraction of sp³-hybridized carbons (Fsp3) is 0.400. The van der Waals surface area contributed by atoms with Gasteiger partial charge < -0.3 is 10.1 Å². The second-order valence-electron chi connectivity index (χ2n) is 4.91. The molecule has 0 radical (unpaired) electrons. The van der Waals surface area contributed by atoms with Crippen LogP contribution < -0.4 is 10.1 Å². The molecule has 4 nitrogen and oxygen atoms in total. The van der Waals surface area contributed by atoms with E-state index in [9.17, 15) is 0 Å². The number of nitrogens with zero attached hydrogens (tertiary/aromatic N) is 2. The molecule has 0 fully saturated rings. The maximum Gasteiger partial charge on any atom is 0.161 e. The zero-order valence-corrected chi connectivity index (χ0v) is 13.8. The Balaban J connectivity index is 2.54. The normalized spacial score (nSPS) is 12.7. The Kier molecular flexibility index (Phi) is 4.83. The summed E-state index contributed by atoms with van der Waals surface area (Å²) in [6.07, 6.45) is 1.78. The van der Waals surface area contributed by atoms with Crippen molar-refractivity contribution in [1.29, 1.82) is 0 Å². The van der Waals surface area contributed by atoms with Gasteiger partial charge in [-0.15, -0.1) is 0 Å². The highest BCUT2D eigenvalue weighted by molar-refractivity contribution is 9.10. The van der Waals surface area contributed by atoms with Crippen LogP contribution in [0.2, 0.25) is 0 Å². The summed E-state index contributed by atoms with van der Waals surface area (Å²) in [7, 11) is 3.63. The maximum absolute atomic E-state index is 5.48. The van der Waals surface area contributed by atoms with E-state index in [1.165, 1.54) is 5.56 Å². The summed E-state index contributed by atoms with van der Waals surface area (Å²) in [6.45, 7) is 4.23. The Bertz CT molecular complexity index is 580. The summed E-state index contributed by atoms with van der Waals surface area (Å²) < 4.78 is 8.54. The molecule has 0 bridgehead atoms. The number of hydrogen-bond donors (Lipinski definition) is 1. The van der Waals surface area contributed by atoms with Crippen LogP contribution in [0.1, 0.15) is 37.2 Å². The highest BCUT2D eigenvalue weighted by Crippen LogP contribution is 2.32. The van der Waals surface area contributed by atoms with Crippen LogP contribution in [-0.4, -0.2) is 23.9 Å². The minimum atomic E-state index is 0.0346. The molecule has 0 saturated heterocycles. The van der Waals surface area contributed by atoms with E-state index in [2.05, 4.69) is 52.3 Å². The topological polar surface area (TPSA) is 39.1 Å². The van der Waals surface area contributed by atoms with E-state index in [0.29, 0.717) is 0 Å². The predicted octanol–water partition coefficient (Wildman–Crippen LogP) is 3.54. The van der Waals surface area contributed by atoms with Gasteiger partial charge in [-0.25, -0.2) is 0 Å². The highest BCUT2D eigenvalue weighted by Gasteiger charge is 2.23. The van der Waals surface area contributed by atoms with E-state index in [1.807, 2.05) is 23.9 Å². The quantitative estimate of drug-likeness (QED) is 0.906. The minimum absolute atomic E-state index is 0.0346. The van der Waals surface area contributed by atoms with Crippen LogP contribution in [0.4, 0.5) is 0 Å². The summed E-state index contributed by atoms with van der Waals surface area (Å²) in [5, 5.41) is 7.80. The Morgan fingerprint density at radius 1 is 1.35 bits per heavy atom. The summed E-state index contributed by atoms with van der Waals surface area (Å²) in [6, 6.07) is 8.57. The first-order valence-electron chi connectivity index (χ1n) is 6.62. The first kappa shape index (κ1) is 15.1. The summed E-state index contributed by atoms with van der Waals surface area (Å²) in [4.78, 5) is 0. The van der Waals surface area contributed by atoms with Crippen LogP contribution in [0.25, 0.3) is 0 Å². The molecule has 0 aliphatic rings. The fourth-order valence-corrected chi connectivity index (χ4v) is 2.76. The number of methoxy groups -OCH3 is 1. The second kappa shape index (κ2) is 6.41. The van der Waals surface area contributed by atoms with E-state index in [4.69, 9.17) is 4.74 Å². The molecule has 1 aromatic carbocycles.